The second-order valence-corrected chi connectivity index (χ2v) is 7.88. The molecule has 0 spiro atoms. The third kappa shape index (κ3) is 4.44. The van der Waals surface area contributed by atoms with Gasteiger partial charge in [-0.25, -0.2) is 4.98 Å². The summed E-state index contributed by atoms with van der Waals surface area (Å²) in [5.74, 6) is 1.43. The summed E-state index contributed by atoms with van der Waals surface area (Å²) in [7, 11) is 1.68. The number of aryl methyl sites for hydroxylation is 1. The van der Waals surface area contributed by atoms with Crippen LogP contribution in [0.2, 0.25) is 0 Å². The predicted molar refractivity (Wildman–Crippen MR) is 117 cm³/mol. The Labute approximate surface area is 178 Å². The van der Waals surface area contributed by atoms with Gasteiger partial charge in [-0.05, 0) is 24.6 Å². The second kappa shape index (κ2) is 9.23. The molecule has 0 N–H and O–H groups in total. The number of benzene rings is 1. The number of thioether (sulfide) groups is 1. The van der Waals surface area contributed by atoms with Crippen molar-refractivity contribution in [1.29, 1.82) is 0 Å². The molecular weight excluding hydrogens is 398 g/mol. The maximum Gasteiger partial charge on any atom is 0.258 e. The maximum absolute atomic E-state index is 12.5. The van der Waals surface area contributed by atoms with Crippen molar-refractivity contribution in [3.8, 4) is 0 Å². The van der Waals surface area contributed by atoms with E-state index in [0.717, 1.165) is 22.4 Å². The molecule has 1 aromatic carbocycles. The zero-order valence-electron chi connectivity index (χ0n) is 17.0. The zero-order valence-corrected chi connectivity index (χ0v) is 17.8. The molecule has 0 radical (unpaired) electrons. The van der Waals surface area contributed by atoms with Crippen molar-refractivity contribution in [3.63, 3.8) is 0 Å². The minimum absolute atomic E-state index is 0.0701. The first-order chi connectivity index (χ1) is 14.7. The Morgan fingerprint density at radius 1 is 1.07 bits per heavy atom. The average molecular weight is 422 g/mol. The van der Waals surface area contributed by atoms with Gasteiger partial charge >= 0.3 is 0 Å². The van der Waals surface area contributed by atoms with Crippen molar-refractivity contribution in [2.24, 2.45) is 0 Å². The molecule has 0 aliphatic carbocycles. The van der Waals surface area contributed by atoms with Gasteiger partial charge < -0.3 is 9.30 Å². The molecular formula is C22H23N5O2S. The number of pyridine rings is 1. The highest BCUT2D eigenvalue weighted by Gasteiger charge is 2.14. The fraction of sp³-hybridized carbons (Fsp3) is 0.273. The molecule has 0 amide bonds. The van der Waals surface area contributed by atoms with Crippen molar-refractivity contribution in [1.82, 2.24) is 24.1 Å². The number of hydrogen-bond donors (Lipinski definition) is 0. The minimum Gasteiger partial charge on any atom is -0.383 e. The Kier molecular flexibility index (Phi) is 6.25. The first-order valence-corrected chi connectivity index (χ1v) is 10.7. The van der Waals surface area contributed by atoms with Crippen LogP contribution in [0, 0.1) is 6.92 Å². The Morgan fingerprint density at radius 3 is 2.70 bits per heavy atom. The van der Waals surface area contributed by atoms with Gasteiger partial charge in [0.05, 0.1) is 12.3 Å². The summed E-state index contributed by atoms with van der Waals surface area (Å²) in [6.45, 7) is 3.14. The van der Waals surface area contributed by atoms with E-state index < -0.39 is 0 Å². The number of methoxy groups -OCH3 is 1. The number of aromatic nitrogens is 5. The highest BCUT2D eigenvalue weighted by atomic mass is 32.2. The molecule has 30 heavy (non-hydrogen) atoms. The minimum atomic E-state index is -0.0701. The second-order valence-electron chi connectivity index (χ2n) is 6.94. The summed E-state index contributed by atoms with van der Waals surface area (Å²) >= 11 is 1.53. The van der Waals surface area contributed by atoms with Crippen LogP contribution in [0.3, 0.4) is 0 Å². The number of nitrogens with zero attached hydrogens (tertiary/aromatic N) is 5. The third-order valence-corrected chi connectivity index (χ3v) is 5.80. The van der Waals surface area contributed by atoms with E-state index in [0.29, 0.717) is 31.0 Å². The smallest absolute Gasteiger partial charge is 0.258 e. The van der Waals surface area contributed by atoms with E-state index in [2.05, 4.69) is 31.9 Å². The molecule has 8 heteroatoms. The quantitative estimate of drug-likeness (QED) is 0.407. The summed E-state index contributed by atoms with van der Waals surface area (Å²) in [6, 6.07) is 17.4. The number of ether oxygens (including phenoxy) is 1. The molecule has 0 unspecified atom stereocenters. The molecule has 0 bridgehead atoms. The fourth-order valence-corrected chi connectivity index (χ4v) is 4.19. The molecule has 4 aromatic rings. The average Bonchev–Trinajstić information content (AvgIpc) is 3.12. The van der Waals surface area contributed by atoms with E-state index in [1.165, 1.54) is 17.3 Å². The van der Waals surface area contributed by atoms with E-state index >= 15 is 0 Å². The van der Waals surface area contributed by atoms with Crippen LogP contribution < -0.4 is 5.56 Å². The van der Waals surface area contributed by atoms with Crippen molar-refractivity contribution in [3.05, 3.63) is 87.7 Å². The van der Waals surface area contributed by atoms with Gasteiger partial charge in [0.1, 0.15) is 11.5 Å². The van der Waals surface area contributed by atoms with E-state index in [1.807, 2.05) is 43.3 Å². The van der Waals surface area contributed by atoms with Crippen LogP contribution in [-0.2, 0) is 23.5 Å². The zero-order chi connectivity index (χ0) is 20.9. The van der Waals surface area contributed by atoms with Gasteiger partial charge in [-0.3, -0.25) is 9.20 Å². The molecule has 0 saturated carbocycles. The highest BCUT2D eigenvalue weighted by Crippen LogP contribution is 2.22. The van der Waals surface area contributed by atoms with Crippen molar-refractivity contribution < 1.29 is 4.74 Å². The number of hydrogen-bond acceptors (Lipinski definition) is 6. The van der Waals surface area contributed by atoms with Gasteiger partial charge in [-0.15, -0.1) is 10.2 Å². The number of rotatable bonds is 8. The Morgan fingerprint density at radius 2 is 1.90 bits per heavy atom. The van der Waals surface area contributed by atoms with Crippen LogP contribution in [-0.4, -0.2) is 37.9 Å². The summed E-state index contributed by atoms with van der Waals surface area (Å²) in [5, 5.41) is 9.59. The lowest BCUT2D eigenvalue weighted by atomic mass is 10.1. The SMILES string of the molecule is COCCn1c(Cc2ccccc2)nnc1SCc1cc(=O)n2c(C)cccc2n1. The normalized spacial score (nSPS) is 11.3. The van der Waals surface area contributed by atoms with Crippen LogP contribution in [0.25, 0.3) is 5.65 Å². The lowest BCUT2D eigenvalue weighted by molar-refractivity contribution is 0.184. The molecule has 0 fully saturated rings. The first kappa shape index (κ1) is 20.3. The molecule has 4 rings (SSSR count). The maximum atomic E-state index is 12.5. The first-order valence-electron chi connectivity index (χ1n) is 9.72. The monoisotopic (exact) mass is 421 g/mol. The molecule has 0 atom stereocenters. The molecule has 3 aromatic heterocycles. The van der Waals surface area contributed by atoms with Gasteiger partial charge in [0.2, 0.25) is 0 Å². The van der Waals surface area contributed by atoms with Crippen molar-refractivity contribution in [2.75, 3.05) is 13.7 Å². The lowest BCUT2D eigenvalue weighted by Gasteiger charge is -2.10. The van der Waals surface area contributed by atoms with E-state index in [1.54, 1.807) is 17.6 Å². The summed E-state index contributed by atoms with van der Waals surface area (Å²) in [4.78, 5) is 17.1. The van der Waals surface area contributed by atoms with Crippen molar-refractivity contribution in [2.45, 2.75) is 30.8 Å². The van der Waals surface area contributed by atoms with Crippen LogP contribution in [0.4, 0.5) is 0 Å². The molecule has 0 aliphatic heterocycles. The molecule has 0 saturated heterocycles. The Bertz CT molecular complexity index is 1200. The van der Waals surface area contributed by atoms with Crippen LogP contribution in [0.1, 0.15) is 22.8 Å². The summed E-state index contributed by atoms with van der Waals surface area (Å²) in [6.07, 6.45) is 0.701. The van der Waals surface area contributed by atoms with Crippen LogP contribution >= 0.6 is 11.8 Å². The molecule has 154 valence electrons. The van der Waals surface area contributed by atoms with Crippen LogP contribution in [0.5, 0.6) is 0 Å². The largest absolute Gasteiger partial charge is 0.383 e. The molecule has 3 heterocycles. The fourth-order valence-electron chi connectivity index (χ4n) is 3.32. The third-order valence-electron chi connectivity index (χ3n) is 4.80. The number of fused-ring (bicyclic) bond motifs is 1. The molecule has 0 aliphatic rings. The van der Waals surface area contributed by atoms with Gasteiger partial charge in [0.15, 0.2) is 5.16 Å². The van der Waals surface area contributed by atoms with Gasteiger partial charge in [-0.1, -0.05) is 48.2 Å². The Balaban J connectivity index is 1.57. The highest BCUT2D eigenvalue weighted by molar-refractivity contribution is 7.98. The summed E-state index contributed by atoms with van der Waals surface area (Å²) in [5.41, 5.74) is 3.36. The lowest BCUT2D eigenvalue weighted by Crippen LogP contribution is -2.17. The van der Waals surface area contributed by atoms with Crippen molar-refractivity contribution >= 4 is 17.4 Å². The van der Waals surface area contributed by atoms with E-state index in [-0.39, 0.29) is 5.56 Å². The van der Waals surface area contributed by atoms with Crippen LogP contribution in [0.15, 0.2) is 64.5 Å². The molecule has 7 nitrogen and oxygen atoms in total. The standard InChI is InChI=1S/C22H23N5O2S/c1-16-7-6-10-19-23-18(14-21(28)27(16)19)15-30-22-25-24-20(26(22)11-12-29-2)13-17-8-4-3-5-9-17/h3-10,14H,11-13,15H2,1-2H3. The van der Waals surface area contributed by atoms with Gasteiger partial charge in [0, 0.05) is 37.6 Å². The summed E-state index contributed by atoms with van der Waals surface area (Å²) < 4.78 is 8.97. The van der Waals surface area contributed by atoms with Gasteiger partial charge in [0.25, 0.3) is 5.56 Å². The predicted octanol–water partition coefficient (Wildman–Crippen LogP) is 3.12. The topological polar surface area (TPSA) is 74.3 Å². The Hall–Kier alpha value is -2.97. The van der Waals surface area contributed by atoms with E-state index in [4.69, 9.17) is 4.74 Å². The van der Waals surface area contributed by atoms with Gasteiger partial charge in [-0.2, -0.15) is 0 Å². The van der Waals surface area contributed by atoms with E-state index in [9.17, 15) is 4.79 Å².